The minimum absolute atomic E-state index is 0.0726. The topological polar surface area (TPSA) is 106 Å². The number of ketones is 1. The van der Waals surface area contributed by atoms with Crippen LogP contribution in [0.25, 0.3) is 5.76 Å². The molecule has 1 heterocycles. The number of amides is 1. The van der Waals surface area contributed by atoms with E-state index in [1.54, 1.807) is 61.5 Å². The van der Waals surface area contributed by atoms with Gasteiger partial charge in [-0.05, 0) is 80.8 Å². The molecule has 1 unspecified atom stereocenters. The lowest BCUT2D eigenvalue weighted by Crippen LogP contribution is -2.29. The van der Waals surface area contributed by atoms with E-state index in [0.29, 0.717) is 48.1 Å². The molecule has 3 aromatic carbocycles. The first-order valence-electron chi connectivity index (χ1n) is 13.0. The molecule has 8 nitrogen and oxygen atoms in total. The van der Waals surface area contributed by atoms with Crippen LogP contribution >= 0.6 is 0 Å². The lowest BCUT2D eigenvalue weighted by Gasteiger charge is -2.26. The van der Waals surface area contributed by atoms with Gasteiger partial charge in [0.1, 0.15) is 17.3 Å². The summed E-state index contributed by atoms with van der Waals surface area (Å²) in [7, 11) is 0. The highest BCUT2D eigenvalue weighted by molar-refractivity contribution is 6.51. The summed E-state index contributed by atoms with van der Waals surface area (Å²) in [6, 6.07) is 15.6. The second-order valence-electron chi connectivity index (χ2n) is 9.09. The number of aliphatic hydroxyl groups is 1. The molecule has 4 rings (SSSR count). The molecular formula is C31H33NO7. The van der Waals surface area contributed by atoms with E-state index in [4.69, 9.17) is 14.2 Å². The molecular weight excluding hydrogens is 498 g/mol. The first-order chi connectivity index (χ1) is 18.8. The van der Waals surface area contributed by atoms with Crippen molar-refractivity contribution in [3.63, 3.8) is 0 Å². The third-order valence-corrected chi connectivity index (χ3v) is 6.36. The zero-order chi connectivity index (χ0) is 28.1. The van der Waals surface area contributed by atoms with Gasteiger partial charge in [-0.25, -0.2) is 0 Å². The van der Waals surface area contributed by atoms with Crippen LogP contribution in [0.5, 0.6) is 23.0 Å². The van der Waals surface area contributed by atoms with Crippen molar-refractivity contribution in [2.75, 3.05) is 24.7 Å². The summed E-state index contributed by atoms with van der Waals surface area (Å²) in [5.74, 6) is -0.577. The fraction of sp³-hybridized carbons (Fsp3) is 0.290. The first-order valence-corrected chi connectivity index (χ1v) is 13.0. The third kappa shape index (κ3) is 5.55. The number of anilines is 1. The minimum atomic E-state index is -0.988. The zero-order valence-corrected chi connectivity index (χ0v) is 22.6. The number of phenols is 1. The SMILES string of the molecule is CCCOc1ccc(/C(O)=C2/C(=O)C(=O)N(c3cccc(OCC)c3)C2c2ccc(O)c(OCC)c2)cc1C. The predicted molar refractivity (Wildman–Crippen MR) is 149 cm³/mol. The Morgan fingerprint density at radius 3 is 2.36 bits per heavy atom. The number of phenolic OH excluding ortho intramolecular Hbond substituents is 1. The minimum Gasteiger partial charge on any atom is -0.507 e. The molecule has 8 heteroatoms. The quantitative estimate of drug-likeness (QED) is 0.190. The number of benzene rings is 3. The second kappa shape index (κ2) is 11.9. The number of hydrogen-bond acceptors (Lipinski definition) is 7. The summed E-state index contributed by atoms with van der Waals surface area (Å²) >= 11 is 0. The molecule has 0 aromatic heterocycles. The van der Waals surface area contributed by atoms with Crippen molar-refractivity contribution in [2.24, 2.45) is 0 Å². The lowest BCUT2D eigenvalue weighted by atomic mass is 9.94. The molecule has 0 bridgehead atoms. The molecule has 0 saturated carbocycles. The van der Waals surface area contributed by atoms with Crippen molar-refractivity contribution in [1.82, 2.24) is 0 Å². The van der Waals surface area contributed by atoms with E-state index in [-0.39, 0.29) is 22.8 Å². The molecule has 1 aliphatic heterocycles. The van der Waals surface area contributed by atoms with Gasteiger partial charge in [0.2, 0.25) is 0 Å². The monoisotopic (exact) mass is 531 g/mol. The van der Waals surface area contributed by atoms with Crippen molar-refractivity contribution in [1.29, 1.82) is 0 Å². The van der Waals surface area contributed by atoms with Crippen LogP contribution in [0.15, 0.2) is 66.2 Å². The number of rotatable bonds is 10. The summed E-state index contributed by atoms with van der Waals surface area (Å²) in [4.78, 5) is 28.4. The van der Waals surface area contributed by atoms with Gasteiger partial charge in [0.15, 0.2) is 11.5 Å². The summed E-state index contributed by atoms with van der Waals surface area (Å²) in [6.07, 6.45) is 0.853. The Morgan fingerprint density at radius 2 is 1.67 bits per heavy atom. The van der Waals surface area contributed by atoms with Crippen molar-refractivity contribution in [3.05, 3.63) is 82.9 Å². The fourth-order valence-corrected chi connectivity index (χ4v) is 4.60. The van der Waals surface area contributed by atoms with Crippen LogP contribution in [0, 0.1) is 6.92 Å². The molecule has 1 amide bonds. The van der Waals surface area contributed by atoms with Crippen LogP contribution in [0.3, 0.4) is 0 Å². The Morgan fingerprint density at radius 1 is 0.897 bits per heavy atom. The number of aliphatic hydroxyl groups excluding tert-OH is 1. The molecule has 1 atom stereocenters. The maximum absolute atomic E-state index is 13.5. The fourth-order valence-electron chi connectivity index (χ4n) is 4.60. The molecule has 204 valence electrons. The maximum atomic E-state index is 13.5. The van der Waals surface area contributed by atoms with Gasteiger partial charge >= 0.3 is 0 Å². The molecule has 39 heavy (non-hydrogen) atoms. The largest absolute Gasteiger partial charge is 0.507 e. The normalized spacial score (nSPS) is 16.4. The molecule has 0 aliphatic carbocycles. The summed E-state index contributed by atoms with van der Waals surface area (Å²) in [5.41, 5.74) is 2.00. The van der Waals surface area contributed by atoms with Crippen molar-refractivity contribution < 1.29 is 34.0 Å². The molecule has 0 radical (unpaired) electrons. The molecule has 3 aromatic rings. The zero-order valence-electron chi connectivity index (χ0n) is 22.6. The average Bonchev–Trinajstić information content (AvgIpc) is 3.19. The molecule has 1 saturated heterocycles. The van der Waals surface area contributed by atoms with E-state index in [1.165, 1.54) is 11.0 Å². The number of ether oxygens (including phenoxy) is 3. The summed E-state index contributed by atoms with van der Waals surface area (Å²) < 4.78 is 16.9. The van der Waals surface area contributed by atoms with Gasteiger partial charge in [-0.3, -0.25) is 14.5 Å². The number of aromatic hydroxyl groups is 1. The van der Waals surface area contributed by atoms with Gasteiger partial charge in [0, 0.05) is 17.3 Å². The van der Waals surface area contributed by atoms with E-state index < -0.39 is 17.7 Å². The highest BCUT2D eigenvalue weighted by Gasteiger charge is 2.47. The van der Waals surface area contributed by atoms with Crippen molar-refractivity contribution >= 4 is 23.1 Å². The molecule has 1 fully saturated rings. The van der Waals surface area contributed by atoms with Gasteiger partial charge < -0.3 is 24.4 Å². The van der Waals surface area contributed by atoms with E-state index in [0.717, 1.165) is 12.0 Å². The van der Waals surface area contributed by atoms with Gasteiger partial charge in [0.05, 0.1) is 31.4 Å². The summed E-state index contributed by atoms with van der Waals surface area (Å²) in [6.45, 7) is 8.79. The Kier molecular flexibility index (Phi) is 8.44. The lowest BCUT2D eigenvalue weighted by molar-refractivity contribution is -0.132. The highest BCUT2D eigenvalue weighted by atomic mass is 16.5. The van der Waals surface area contributed by atoms with Crippen LogP contribution in [-0.4, -0.2) is 41.7 Å². The van der Waals surface area contributed by atoms with E-state index in [9.17, 15) is 19.8 Å². The summed E-state index contributed by atoms with van der Waals surface area (Å²) in [5, 5.41) is 21.8. The maximum Gasteiger partial charge on any atom is 0.300 e. The van der Waals surface area contributed by atoms with Crippen LogP contribution in [0.1, 0.15) is 49.9 Å². The van der Waals surface area contributed by atoms with E-state index in [2.05, 4.69) is 0 Å². The Balaban J connectivity index is 1.90. The van der Waals surface area contributed by atoms with Gasteiger partial charge in [-0.1, -0.05) is 19.1 Å². The average molecular weight is 532 g/mol. The van der Waals surface area contributed by atoms with Crippen LogP contribution < -0.4 is 19.1 Å². The Hall–Kier alpha value is -4.46. The van der Waals surface area contributed by atoms with Gasteiger partial charge in [0.25, 0.3) is 11.7 Å². The van der Waals surface area contributed by atoms with Crippen LogP contribution in [-0.2, 0) is 9.59 Å². The number of aryl methyl sites for hydroxylation is 1. The van der Waals surface area contributed by atoms with Crippen molar-refractivity contribution in [3.8, 4) is 23.0 Å². The number of Topliss-reactive ketones (excluding diaryl/α,β-unsaturated/α-hetero) is 1. The Labute approximate surface area is 228 Å². The second-order valence-corrected chi connectivity index (χ2v) is 9.09. The van der Waals surface area contributed by atoms with Crippen LogP contribution in [0.2, 0.25) is 0 Å². The number of carbonyl (C=O) groups excluding carboxylic acids is 2. The third-order valence-electron chi connectivity index (χ3n) is 6.36. The first kappa shape index (κ1) is 27.6. The van der Waals surface area contributed by atoms with Gasteiger partial charge in [-0.15, -0.1) is 0 Å². The molecule has 1 aliphatic rings. The number of carbonyl (C=O) groups is 2. The smallest absolute Gasteiger partial charge is 0.300 e. The molecule has 0 spiro atoms. The standard InChI is InChI=1S/C31H33NO7/c1-5-15-39-25-14-12-21(16-19(25)4)29(34)27-28(20-11-13-24(33)26(17-20)38-7-3)32(31(36)30(27)35)22-9-8-10-23(18-22)37-6-2/h8-14,16-18,28,33-34H,5-7,15H2,1-4H3/b29-27-. The molecule has 2 N–H and O–H groups in total. The number of nitrogens with zero attached hydrogens (tertiary/aromatic N) is 1. The predicted octanol–water partition coefficient (Wildman–Crippen LogP) is 5.91. The Bertz CT molecular complexity index is 1410. The number of hydrogen-bond donors (Lipinski definition) is 2. The highest BCUT2D eigenvalue weighted by Crippen LogP contribution is 2.44. The van der Waals surface area contributed by atoms with Crippen LogP contribution in [0.4, 0.5) is 5.69 Å². The van der Waals surface area contributed by atoms with Crippen molar-refractivity contribution in [2.45, 2.75) is 40.2 Å². The van der Waals surface area contributed by atoms with E-state index in [1.807, 2.05) is 20.8 Å². The van der Waals surface area contributed by atoms with Gasteiger partial charge in [-0.2, -0.15) is 0 Å². The van der Waals surface area contributed by atoms with E-state index >= 15 is 0 Å².